The molecule has 1 fully saturated rings. The lowest BCUT2D eigenvalue weighted by molar-refractivity contribution is 0.0574. The van der Waals surface area contributed by atoms with Crippen molar-refractivity contribution in [3.05, 3.63) is 65.4 Å². The normalized spacial score (nSPS) is 14.7. The fourth-order valence-corrected chi connectivity index (χ4v) is 5.19. The monoisotopic (exact) mass is 605 g/mol. The minimum atomic E-state index is -0.251. The molecule has 0 saturated heterocycles. The molecule has 182 valence electrons. The molecule has 1 amide bonds. The summed E-state index contributed by atoms with van der Waals surface area (Å²) in [6.07, 6.45) is 5.66. The molecule has 0 radical (unpaired) electrons. The molecule has 1 N–H and O–H groups in total. The summed E-state index contributed by atoms with van der Waals surface area (Å²) < 4.78 is 18.4. The van der Waals surface area contributed by atoms with E-state index < -0.39 is 0 Å². The first kappa shape index (κ1) is 24.3. The number of hydrogen-bond donors (Lipinski definition) is 1. The fourth-order valence-electron chi connectivity index (χ4n) is 3.66. The van der Waals surface area contributed by atoms with Gasteiger partial charge in [0.2, 0.25) is 11.7 Å². The number of fused-ring (bicyclic) bond motifs is 1. The summed E-state index contributed by atoms with van der Waals surface area (Å²) in [5.74, 6) is 1.36. The minimum Gasteiger partial charge on any atom is -0.374 e. The summed E-state index contributed by atoms with van der Waals surface area (Å²) >= 11 is 2.20. The highest BCUT2D eigenvalue weighted by atomic mass is 127. The van der Waals surface area contributed by atoms with Gasteiger partial charge in [0.25, 0.3) is 5.91 Å². The molecule has 3 heterocycles. The largest absolute Gasteiger partial charge is 0.374 e. The van der Waals surface area contributed by atoms with Crippen molar-refractivity contribution in [2.75, 3.05) is 11.9 Å². The maximum atomic E-state index is 13.1. The maximum Gasteiger partial charge on any atom is 0.274 e. The number of carbonyl (C=O) groups is 1. The van der Waals surface area contributed by atoms with Crippen LogP contribution in [-0.2, 0) is 15.9 Å². The number of rotatable bonds is 10. The Kier molecular flexibility index (Phi) is 7.43. The molecule has 11 heteroatoms. The lowest BCUT2D eigenvalue weighted by atomic mass is 10.1. The van der Waals surface area contributed by atoms with Gasteiger partial charge in [0.05, 0.1) is 32.0 Å². The van der Waals surface area contributed by atoms with E-state index in [9.17, 15) is 4.79 Å². The summed E-state index contributed by atoms with van der Waals surface area (Å²) in [4.78, 5) is 22.1. The highest BCUT2D eigenvalue weighted by Gasteiger charge is 2.29. The van der Waals surface area contributed by atoms with E-state index in [0.717, 1.165) is 29.5 Å². The van der Waals surface area contributed by atoms with Gasteiger partial charge in [-0.25, -0.2) is 4.98 Å². The van der Waals surface area contributed by atoms with Crippen LogP contribution in [0.1, 0.15) is 53.2 Å². The van der Waals surface area contributed by atoms with Crippen molar-refractivity contribution in [2.45, 2.75) is 45.3 Å². The number of carbonyl (C=O) groups excluding carboxylic acids is 1. The van der Waals surface area contributed by atoms with Gasteiger partial charge in [0.15, 0.2) is 0 Å². The van der Waals surface area contributed by atoms with E-state index in [1.807, 2.05) is 50.4 Å². The van der Waals surface area contributed by atoms with Crippen molar-refractivity contribution in [3.63, 3.8) is 0 Å². The van der Waals surface area contributed by atoms with E-state index in [0.29, 0.717) is 54.3 Å². The van der Waals surface area contributed by atoms with E-state index >= 15 is 0 Å². The molecule has 5 rings (SSSR count). The number of benzene rings is 1. The third kappa shape index (κ3) is 5.72. The van der Waals surface area contributed by atoms with Gasteiger partial charge in [0.1, 0.15) is 11.3 Å². The molecule has 0 spiro atoms. The highest BCUT2D eigenvalue weighted by molar-refractivity contribution is 14.2. The lowest BCUT2D eigenvalue weighted by Crippen LogP contribution is -2.15. The Morgan fingerprint density at radius 1 is 1.34 bits per heavy atom. The molecule has 1 aromatic carbocycles. The van der Waals surface area contributed by atoms with Gasteiger partial charge in [-0.2, -0.15) is 4.98 Å². The number of imidazole rings is 1. The second-order valence-electron chi connectivity index (χ2n) is 8.64. The van der Waals surface area contributed by atoms with Crippen molar-refractivity contribution < 1.29 is 18.6 Å². The number of halogens is 1. The standard InChI is InChI=1S/C24H25IN5O4P/c1-14-3-4-18(22-28-24(33-29-22)17-5-6-17)10-19(14)27-23(31)20-11-26-21-9-16(7-8-30(20)21)13-32-12-15(2)34-35-25/h3-4,7-11,15,17,35H,5-6,12-13H2,1-2H3,(H,27,31). The third-order valence-corrected chi connectivity index (χ3v) is 7.04. The molecular weight excluding hydrogens is 580 g/mol. The lowest BCUT2D eigenvalue weighted by Gasteiger charge is -2.11. The van der Waals surface area contributed by atoms with Gasteiger partial charge in [-0.15, -0.1) is 0 Å². The average Bonchev–Trinajstić information content (AvgIpc) is 3.42. The van der Waals surface area contributed by atoms with Crippen molar-refractivity contribution in [1.82, 2.24) is 19.5 Å². The maximum absolute atomic E-state index is 13.1. The summed E-state index contributed by atoms with van der Waals surface area (Å²) in [5, 5.41) is 7.11. The van der Waals surface area contributed by atoms with E-state index in [4.69, 9.17) is 13.8 Å². The predicted octanol–water partition coefficient (Wildman–Crippen LogP) is 5.69. The Bertz CT molecular complexity index is 1350. The zero-order chi connectivity index (χ0) is 24.4. The zero-order valence-electron chi connectivity index (χ0n) is 19.3. The van der Waals surface area contributed by atoms with Crippen LogP contribution < -0.4 is 5.32 Å². The number of anilines is 1. The first-order valence-electron chi connectivity index (χ1n) is 11.3. The Morgan fingerprint density at radius 3 is 3.00 bits per heavy atom. The number of nitrogens with zero attached hydrogens (tertiary/aromatic N) is 4. The van der Waals surface area contributed by atoms with Crippen LogP contribution in [0.4, 0.5) is 5.69 Å². The van der Waals surface area contributed by atoms with E-state index in [2.05, 4.69) is 42.5 Å². The SMILES string of the molecule is Cc1ccc(-c2noc(C3CC3)n2)cc1NC(=O)c1cnc2cc(COCC(C)OPI)ccn12. The molecule has 2 atom stereocenters. The summed E-state index contributed by atoms with van der Waals surface area (Å²) in [6, 6.07) is 9.58. The summed E-state index contributed by atoms with van der Waals surface area (Å²) in [6.45, 7) is 5.32. The van der Waals surface area contributed by atoms with Crippen molar-refractivity contribution >= 4 is 45.7 Å². The quantitative estimate of drug-likeness (QED) is 0.183. The molecule has 4 aromatic rings. The first-order valence-corrected chi connectivity index (χ1v) is 15.3. The van der Waals surface area contributed by atoms with Gasteiger partial charge in [-0.3, -0.25) is 9.20 Å². The second kappa shape index (κ2) is 10.7. The minimum absolute atomic E-state index is 0.0537. The number of amides is 1. The number of aryl methyl sites for hydroxylation is 1. The molecule has 9 nitrogen and oxygen atoms in total. The topological polar surface area (TPSA) is 104 Å². The Labute approximate surface area is 217 Å². The number of ether oxygens (including phenoxy) is 1. The third-order valence-electron chi connectivity index (χ3n) is 5.79. The molecule has 1 aliphatic carbocycles. The smallest absolute Gasteiger partial charge is 0.274 e. The second-order valence-corrected chi connectivity index (χ2v) is 10.4. The van der Waals surface area contributed by atoms with Crippen LogP contribution >= 0.6 is 28.5 Å². The van der Waals surface area contributed by atoms with Crippen LogP contribution in [0, 0.1) is 6.92 Å². The molecule has 35 heavy (non-hydrogen) atoms. The van der Waals surface area contributed by atoms with Gasteiger partial charge in [-0.1, -0.05) is 17.3 Å². The van der Waals surface area contributed by atoms with Gasteiger partial charge < -0.3 is 19.1 Å². The summed E-state index contributed by atoms with van der Waals surface area (Å²) in [5.41, 5.74) is 4.52. The predicted molar refractivity (Wildman–Crippen MR) is 142 cm³/mol. The van der Waals surface area contributed by atoms with E-state index in [-0.39, 0.29) is 12.0 Å². The van der Waals surface area contributed by atoms with Crippen LogP contribution in [-0.4, -0.2) is 38.1 Å². The first-order chi connectivity index (χ1) is 17.0. The number of pyridine rings is 1. The van der Waals surface area contributed by atoms with Crippen LogP contribution in [0.25, 0.3) is 17.0 Å². The van der Waals surface area contributed by atoms with Crippen LogP contribution in [0.3, 0.4) is 0 Å². The summed E-state index contributed by atoms with van der Waals surface area (Å²) in [7, 11) is 0. The van der Waals surface area contributed by atoms with Crippen LogP contribution in [0.2, 0.25) is 0 Å². The highest BCUT2D eigenvalue weighted by Crippen LogP contribution is 2.39. The number of nitrogens with one attached hydrogen (secondary N) is 1. The Hall–Kier alpha value is -2.40. The molecule has 1 aliphatic rings. The number of aromatic nitrogens is 4. The zero-order valence-corrected chi connectivity index (χ0v) is 22.5. The molecule has 3 aromatic heterocycles. The molecule has 0 aliphatic heterocycles. The van der Waals surface area contributed by atoms with Gasteiger partial charge in [-0.05, 0) is 78.1 Å². The molecule has 2 unspecified atom stereocenters. The fraction of sp³-hybridized carbons (Fsp3) is 0.333. The molecule has 1 saturated carbocycles. The van der Waals surface area contributed by atoms with Gasteiger partial charge >= 0.3 is 0 Å². The van der Waals surface area contributed by atoms with E-state index in [1.54, 1.807) is 10.6 Å². The molecule has 0 bridgehead atoms. The van der Waals surface area contributed by atoms with Gasteiger partial charge in [0, 0.05) is 23.4 Å². The Balaban J connectivity index is 1.28. The van der Waals surface area contributed by atoms with Crippen molar-refractivity contribution in [1.29, 1.82) is 0 Å². The van der Waals surface area contributed by atoms with Crippen LogP contribution in [0.15, 0.2) is 47.2 Å². The average molecular weight is 605 g/mol. The van der Waals surface area contributed by atoms with Crippen molar-refractivity contribution in [2.24, 2.45) is 0 Å². The Morgan fingerprint density at radius 2 is 2.20 bits per heavy atom. The molecular formula is C24H25IN5O4P. The van der Waals surface area contributed by atoms with Crippen molar-refractivity contribution in [3.8, 4) is 11.4 Å². The number of hydrogen-bond acceptors (Lipinski definition) is 7. The van der Waals surface area contributed by atoms with Crippen LogP contribution in [0.5, 0.6) is 0 Å². The van der Waals surface area contributed by atoms with E-state index in [1.165, 1.54) is 0 Å².